The molecule has 1 aliphatic rings. The highest BCUT2D eigenvalue weighted by Crippen LogP contribution is 2.26. The van der Waals surface area contributed by atoms with Crippen LogP contribution in [0.2, 0.25) is 0 Å². The van der Waals surface area contributed by atoms with Gasteiger partial charge in [-0.05, 0) is 0 Å². The van der Waals surface area contributed by atoms with Crippen LogP contribution in [0.4, 0.5) is 0 Å². The number of hydrogen-bond donors (Lipinski definition) is 1. The van der Waals surface area contributed by atoms with Crippen LogP contribution in [0.5, 0.6) is 0 Å². The van der Waals surface area contributed by atoms with Crippen molar-refractivity contribution in [3.05, 3.63) is 0 Å². The number of rotatable bonds is 5. The fourth-order valence-corrected chi connectivity index (χ4v) is 1.45. The Hall–Kier alpha value is -0.650. The molecular formula is C8H15NO4. The van der Waals surface area contributed by atoms with Gasteiger partial charge in [-0.1, -0.05) is 0 Å². The maximum atomic E-state index is 10.1. The third kappa shape index (κ3) is 2.65. The van der Waals surface area contributed by atoms with Crippen molar-refractivity contribution in [2.45, 2.75) is 19.0 Å². The van der Waals surface area contributed by atoms with Crippen molar-refractivity contribution in [3.8, 4) is 0 Å². The Labute approximate surface area is 77.3 Å². The molecule has 0 bridgehead atoms. The minimum atomic E-state index is -0.280. The standard InChI is InChI=1S/C8H15NO4/c1-11-7-3-6(4-9-5-10)8(12-2)13-7/h5-8H,3-4H2,1-2H3,(H,9,10). The fraction of sp³-hybridized carbons (Fsp3) is 0.875. The lowest BCUT2D eigenvalue weighted by Gasteiger charge is -2.15. The molecule has 0 aliphatic carbocycles. The molecule has 1 rings (SSSR count). The highest BCUT2D eigenvalue weighted by molar-refractivity contribution is 5.45. The highest BCUT2D eigenvalue weighted by Gasteiger charge is 2.34. The zero-order chi connectivity index (χ0) is 9.68. The van der Waals surface area contributed by atoms with E-state index in [4.69, 9.17) is 14.2 Å². The summed E-state index contributed by atoms with van der Waals surface area (Å²) in [5.74, 6) is 0.167. The van der Waals surface area contributed by atoms with E-state index in [9.17, 15) is 4.79 Å². The second kappa shape index (κ2) is 5.16. The predicted molar refractivity (Wildman–Crippen MR) is 44.9 cm³/mol. The minimum absolute atomic E-state index is 0.167. The van der Waals surface area contributed by atoms with E-state index >= 15 is 0 Å². The van der Waals surface area contributed by atoms with Crippen molar-refractivity contribution in [2.75, 3.05) is 20.8 Å². The SMILES string of the molecule is COC1CC(CNC=O)C(OC)O1. The minimum Gasteiger partial charge on any atom is -0.358 e. The lowest BCUT2D eigenvalue weighted by atomic mass is 10.1. The maximum Gasteiger partial charge on any atom is 0.207 e. The van der Waals surface area contributed by atoms with Gasteiger partial charge < -0.3 is 19.5 Å². The summed E-state index contributed by atoms with van der Waals surface area (Å²) in [5, 5.41) is 2.60. The summed E-state index contributed by atoms with van der Waals surface area (Å²) in [7, 11) is 3.17. The number of carbonyl (C=O) groups is 1. The first kappa shape index (κ1) is 10.4. The zero-order valence-electron chi connectivity index (χ0n) is 7.86. The van der Waals surface area contributed by atoms with Gasteiger partial charge >= 0.3 is 0 Å². The molecule has 3 unspecified atom stereocenters. The molecule has 1 fully saturated rings. The Morgan fingerprint density at radius 3 is 2.85 bits per heavy atom. The van der Waals surface area contributed by atoms with Crippen LogP contribution in [0, 0.1) is 5.92 Å². The maximum absolute atomic E-state index is 10.1. The second-order valence-electron chi connectivity index (χ2n) is 2.93. The van der Waals surface area contributed by atoms with Gasteiger partial charge in [-0.15, -0.1) is 0 Å². The first-order chi connectivity index (χ1) is 6.31. The van der Waals surface area contributed by atoms with Gasteiger partial charge in [0.2, 0.25) is 6.41 Å². The first-order valence-electron chi connectivity index (χ1n) is 4.20. The van der Waals surface area contributed by atoms with Gasteiger partial charge in [-0.2, -0.15) is 0 Å². The fourth-order valence-electron chi connectivity index (χ4n) is 1.45. The molecule has 1 aliphatic heterocycles. The van der Waals surface area contributed by atoms with Crippen molar-refractivity contribution < 1.29 is 19.0 Å². The van der Waals surface area contributed by atoms with Crippen LogP contribution in [0.25, 0.3) is 0 Å². The summed E-state index contributed by atoms with van der Waals surface area (Å²) in [6, 6.07) is 0. The predicted octanol–water partition coefficient (Wildman–Crippen LogP) is -0.286. The largest absolute Gasteiger partial charge is 0.358 e. The van der Waals surface area contributed by atoms with Crippen molar-refractivity contribution in [2.24, 2.45) is 5.92 Å². The molecule has 76 valence electrons. The van der Waals surface area contributed by atoms with Crippen molar-refractivity contribution in [3.63, 3.8) is 0 Å². The number of hydrogen-bond acceptors (Lipinski definition) is 4. The monoisotopic (exact) mass is 189 g/mol. The Morgan fingerprint density at radius 2 is 2.31 bits per heavy atom. The average Bonchev–Trinajstić information content (AvgIpc) is 2.57. The van der Waals surface area contributed by atoms with Crippen LogP contribution in [0.3, 0.4) is 0 Å². The molecule has 0 aromatic rings. The smallest absolute Gasteiger partial charge is 0.207 e. The molecule has 0 aromatic heterocycles. The van der Waals surface area contributed by atoms with E-state index in [1.165, 1.54) is 0 Å². The van der Waals surface area contributed by atoms with Gasteiger partial charge in [0.1, 0.15) is 0 Å². The molecule has 1 saturated heterocycles. The van der Waals surface area contributed by atoms with E-state index in [1.54, 1.807) is 14.2 Å². The van der Waals surface area contributed by atoms with Crippen LogP contribution in [-0.4, -0.2) is 39.8 Å². The zero-order valence-corrected chi connectivity index (χ0v) is 7.86. The number of ether oxygens (including phenoxy) is 3. The molecule has 0 saturated carbocycles. The number of amides is 1. The summed E-state index contributed by atoms with van der Waals surface area (Å²) in [6.07, 6.45) is 0.920. The van der Waals surface area contributed by atoms with Crippen LogP contribution in [-0.2, 0) is 19.0 Å². The van der Waals surface area contributed by atoms with E-state index in [0.717, 1.165) is 6.42 Å². The van der Waals surface area contributed by atoms with Gasteiger partial charge in [0.25, 0.3) is 0 Å². The topological polar surface area (TPSA) is 56.8 Å². The molecular weight excluding hydrogens is 174 g/mol. The normalized spacial score (nSPS) is 33.2. The van der Waals surface area contributed by atoms with E-state index < -0.39 is 0 Å². The summed E-state index contributed by atoms with van der Waals surface area (Å²) < 4.78 is 15.5. The summed E-state index contributed by atoms with van der Waals surface area (Å²) >= 11 is 0. The summed E-state index contributed by atoms with van der Waals surface area (Å²) in [5.41, 5.74) is 0. The quantitative estimate of drug-likeness (QED) is 0.604. The Kier molecular flexibility index (Phi) is 4.14. The summed E-state index contributed by atoms with van der Waals surface area (Å²) in [4.78, 5) is 10.1. The lowest BCUT2D eigenvalue weighted by Crippen LogP contribution is -2.28. The van der Waals surface area contributed by atoms with Crippen LogP contribution >= 0.6 is 0 Å². The molecule has 5 heteroatoms. The molecule has 0 spiro atoms. The van der Waals surface area contributed by atoms with E-state index in [-0.39, 0.29) is 18.5 Å². The first-order valence-corrected chi connectivity index (χ1v) is 4.20. The summed E-state index contributed by atoms with van der Waals surface area (Å²) in [6.45, 7) is 0.557. The van der Waals surface area contributed by atoms with Crippen molar-refractivity contribution in [1.82, 2.24) is 5.32 Å². The Bertz CT molecular complexity index is 164. The molecule has 5 nitrogen and oxygen atoms in total. The van der Waals surface area contributed by atoms with E-state index in [0.29, 0.717) is 13.0 Å². The second-order valence-corrected chi connectivity index (χ2v) is 2.93. The molecule has 1 heterocycles. The molecule has 0 radical (unpaired) electrons. The molecule has 13 heavy (non-hydrogen) atoms. The van der Waals surface area contributed by atoms with Crippen molar-refractivity contribution >= 4 is 6.41 Å². The number of methoxy groups -OCH3 is 2. The van der Waals surface area contributed by atoms with Crippen molar-refractivity contribution in [1.29, 1.82) is 0 Å². The van der Waals surface area contributed by atoms with E-state index in [1.807, 2.05) is 0 Å². The van der Waals surface area contributed by atoms with Crippen LogP contribution < -0.4 is 5.32 Å². The number of carbonyl (C=O) groups excluding carboxylic acids is 1. The Morgan fingerprint density at radius 1 is 1.54 bits per heavy atom. The average molecular weight is 189 g/mol. The van der Waals surface area contributed by atoms with Gasteiger partial charge in [0.05, 0.1) is 0 Å². The van der Waals surface area contributed by atoms with Gasteiger partial charge in [-0.3, -0.25) is 4.79 Å². The molecule has 1 amide bonds. The molecule has 0 aromatic carbocycles. The van der Waals surface area contributed by atoms with Crippen LogP contribution in [0.1, 0.15) is 6.42 Å². The van der Waals surface area contributed by atoms with E-state index in [2.05, 4.69) is 5.32 Å². The van der Waals surface area contributed by atoms with Gasteiger partial charge in [0, 0.05) is 33.1 Å². The third-order valence-corrected chi connectivity index (χ3v) is 2.12. The molecule has 1 N–H and O–H groups in total. The van der Waals surface area contributed by atoms with Gasteiger partial charge in [-0.25, -0.2) is 0 Å². The Balaban J connectivity index is 2.37. The van der Waals surface area contributed by atoms with Gasteiger partial charge in [0.15, 0.2) is 12.6 Å². The highest BCUT2D eigenvalue weighted by atomic mass is 16.8. The lowest BCUT2D eigenvalue weighted by molar-refractivity contribution is -0.192. The third-order valence-electron chi connectivity index (χ3n) is 2.12. The number of nitrogens with one attached hydrogen (secondary N) is 1. The molecule has 3 atom stereocenters. The van der Waals surface area contributed by atoms with Crippen LogP contribution in [0.15, 0.2) is 0 Å².